The summed E-state index contributed by atoms with van der Waals surface area (Å²) in [6, 6.07) is 0. The van der Waals surface area contributed by atoms with Gasteiger partial charge in [0.1, 0.15) is 0 Å². The molecule has 2 rings (SSSR count). The molecule has 0 aromatic carbocycles. The van der Waals surface area contributed by atoms with Crippen molar-refractivity contribution in [3.05, 3.63) is 16.1 Å². The topological polar surface area (TPSA) is 39.6 Å². The third-order valence-corrected chi connectivity index (χ3v) is 3.76. The summed E-state index contributed by atoms with van der Waals surface area (Å²) in [7, 11) is 0. The first-order valence-corrected chi connectivity index (χ1v) is 6.62. The van der Waals surface area contributed by atoms with Gasteiger partial charge in [-0.15, -0.1) is 11.3 Å². The van der Waals surface area contributed by atoms with Crippen LogP contribution in [-0.4, -0.2) is 59.2 Å². The minimum atomic E-state index is 0.269. The molecular formula is C11H19N3OS. The molecule has 1 saturated heterocycles. The molecule has 0 spiro atoms. The average Bonchev–Trinajstić information content (AvgIpc) is 2.67. The number of piperazine rings is 1. The molecule has 0 radical (unpaired) electrons. The lowest BCUT2D eigenvalue weighted by Gasteiger charge is -2.33. The van der Waals surface area contributed by atoms with Gasteiger partial charge < -0.3 is 5.11 Å². The SMILES string of the molecule is Cc1nc(CN2CCN(CCO)CC2)cs1. The highest BCUT2D eigenvalue weighted by molar-refractivity contribution is 7.09. The zero-order valence-electron chi connectivity index (χ0n) is 9.72. The second-order valence-corrected chi connectivity index (χ2v) is 5.26. The number of aliphatic hydroxyl groups is 1. The summed E-state index contributed by atoms with van der Waals surface area (Å²) in [5.41, 5.74) is 1.19. The first kappa shape index (κ1) is 12.0. The summed E-state index contributed by atoms with van der Waals surface area (Å²) in [6.07, 6.45) is 0. The van der Waals surface area contributed by atoms with Gasteiger partial charge in [0.25, 0.3) is 0 Å². The van der Waals surface area contributed by atoms with Crippen LogP contribution in [0.1, 0.15) is 10.7 Å². The van der Waals surface area contributed by atoms with E-state index in [4.69, 9.17) is 5.11 Å². The highest BCUT2D eigenvalue weighted by Crippen LogP contribution is 2.11. The number of hydrogen-bond donors (Lipinski definition) is 1. The van der Waals surface area contributed by atoms with Crippen LogP contribution in [0.3, 0.4) is 0 Å². The number of nitrogens with zero attached hydrogens (tertiary/aromatic N) is 3. The Morgan fingerprint density at radius 3 is 2.56 bits per heavy atom. The van der Waals surface area contributed by atoms with Crippen LogP contribution in [0.25, 0.3) is 0 Å². The smallest absolute Gasteiger partial charge is 0.0897 e. The van der Waals surface area contributed by atoms with Crippen LogP contribution in [0.4, 0.5) is 0 Å². The van der Waals surface area contributed by atoms with Crippen molar-refractivity contribution in [1.29, 1.82) is 0 Å². The Labute approximate surface area is 101 Å². The van der Waals surface area contributed by atoms with E-state index in [1.165, 1.54) is 5.69 Å². The van der Waals surface area contributed by atoms with Crippen molar-refractivity contribution in [2.75, 3.05) is 39.3 Å². The second kappa shape index (κ2) is 5.72. The van der Waals surface area contributed by atoms with E-state index < -0.39 is 0 Å². The molecule has 0 unspecified atom stereocenters. The second-order valence-electron chi connectivity index (χ2n) is 4.20. The van der Waals surface area contributed by atoms with Gasteiger partial charge in [-0.1, -0.05) is 0 Å². The Hall–Kier alpha value is -0.490. The van der Waals surface area contributed by atoms with E-state index in [9.17, 15) is 0 Å². The van der Waals surface area contributed by atoms with Gasteiger partial charge in [-0.05, 0) is 6.92 Å². The number of rotatable bonds is 4. The Morgan fingerprint density at radius 1 is 1.31 bits per heavy atom. The molecule has 5 heteroatoms. The number of thiazole rings is 1. The summed E-state index contributed by atoms with van der Waals surface area (Å²) in [5.74, 6) is 0. The Morgan fingerprint density at radius 2 is 2.00 bits per heavy atom. The highest BCUT2D eigenvalue weighted by Gasteiger charge is 2.16. The molecule has 0 atom stereocenters. The molecule has 1 aliphatic heterocycles. The Bertz CT molecular complexity index is 321. The quantitative estimate of drug-likeness (QED) is 0.836. The van der Waals surface area contributed by atoms with E-state index in [1.807, 2.05) is 6.92 Å². The third-order valence-electron chi connectivity index (χ3n) is 2.93. The van der Waals surface area contributed by atoms with Gasteiger partial charge in [-0.2, -0.15) is 0 Å². The normalized spacial score (nSPS) is 19.1. The van der Waals surface area contributed by atoms with Crippen LogP contribution in [0.5, 0.6) is 0 Å². The van der Waals surface area contributed by atoms with Gasteiger partial charge >= 0.3 is 0 Å². The summed E-state index contributed by atoms with van der Waals surface area (Å²) in [6.45, 7) is 8.38. The fraction of sp³-hybridized carbons (Fsp3) is 0.727. The summed E-state index contributed by atoms with van der Waals surface area (Å²) >= 11 is 1.72. The number of aryl methyl sites for hydroxylation is 1. The molecule has 1 aromatic rings. The third kappa shape index (κ3) is 3.25. The summed E-state index contributed by atoms with van der Waals surface area (Å²) in [5, 5.41) is 12.2. The zero-order chi connectivity index (χ0) is 11.4. The average molecular weight is 241 g/mol. The van der Waals surface area contributed by atoms with Crippen molar-refractivity contribution in [2.24, 2.45) is 0 Å². The molecule has 1 N–H and O–H groups in total. The maximum absolute atomic E-state index is 8.86. The number of hydrogen-bond acceptors (Lipinski definition) is 5. The maximum atomic E-state index is 8.86. The molecule has 1 aliphatic rings. The van der Waals surface area contributed by atoms with Crippen LogP contribution in [-0.2, 0) is 6.54 Å². The lowest BCUT2D eigenvalue weighted by molar-refractivity contribution is 0.108. The van der Waals surface area contributed by atoms with Gasteiger partial charge in [-0.3, -0.25) is 9.80 Å². The Balaban J connectivity index is 1.77. The van der Waals surface area contributed by atoms with Crippen molar-refractivity contribution in [3.63, 3.8) is 0 Å². The predicted octanol–water partition coefficient (Wildman–Crippen LogP) is 0.561. The van der Waals surface area contributed by atoms with E-state index in [2.05, 4.69) is 20.2 Å². The number of β-amino-alcohol motifs (C(OH)–C–C–N with tert-alkyl or cyclic N) is 1. The molecule has 90 valence electrons. The van der Waals surface area contributed by atoms with E-state index in [1.54, 1.807) is 11.3 Å². The molecular weight excluding hydrogens is 222 g/mol. The van der Waals surface area contributed by atoms with Crippen molar-refractivity contribution >= 4 is 11.3 Å². The standard InChI is InChI=1S/C11H19N3OS/c1-10-12-11(9-16-10)8-14-4-2-13(3-5-14)6-7-15/h9,15H,2-8H2,1H3. The van der Waals surface area contributed by atoms with Gasteiger partial charge in [-0.25, -0.2) is 4.98 Å². The van der Waals surface area contributed by atoms with Crippen molar-refractivity contribution in [1.82, 2.24) is 14.8 Å². The van der Waals surface area contributed by atoms with E-state index >= 15 is 0 Å². The van der Waals surface area contributed by atoms with Crippen LogP contribution < -0.4 is 0 Å². The van der Waals surface area contributed by atoms with Crippen LogP contribution in [0.15, 0.2) is 5.38 Å². The van der Waals surface area contributed by atoms with Gasteiger partial charge in [0, 0.05) is 44.6 Å². The van der Waals surface area contributed by atoms with E-state index in [0.717, 1.165) is 44.3 Å². The molecule has 1 fully saturated rings. The van der Waals surface area contributed by atoms with E-state index in [-0.39, 0.29) is 6.61 Å². The molecule has 1 aromatic heterocycles. The van der Waals surface area contributed by atoms with Gasteiger partial charge in [0.05, 0.1) is 17.3 Å². The molecule has 2 heterocycles. The Kier molecular flexibility index (Phi) is 4.29. The molecule has 0 aliphatic carbocycles. The summed E-state index contributed by atoms with van der Waals surface area (Å²) in [4.78, 5) is 9.22. The largest absolute Gasteiger partial charge is 0.395 e. The van der Waals surface area contributed by atoms with Crippen LogP contribution in [0, 0.1) is 6.92 Å². The van der Waals surface area contributed by atoms with Crippen molar-refractivity contribution in [3.8, 4) is 0 Å². The molecule has 0 saturated carbocycles. The fourth-order valence-electron chi connectivity index (χ4n) is 2.02. The number of aromatic nitrogens is 1. The predicted molar refractivity (Wildman–Crippen MR) is 65.7 cm³/mol. The summed E-state index contributed by atoms with van der Waals surface area (Å²) < 4.78 is 0. The molecule has 4 nitrogen and oxygen atoms in total. The van der Waals surface area contributed by atoms with Crippen molar-refractivity contribution in [2.45, 2.75) is 13.5 Å². The lowest BCUT2D eigenvalue weighted by Crippen LogP contribution is -2.46. The first-order chi connectivity index (χ1) is 7.78. The van der Waals surface area contributed by atoms with Gasteiger partial charge in [0.15, 0.2) is 0 Å². The molecule has 0 amide bonds. The highest BCUT2D eigenvalue weighted by atomic mass is 32.1. The zero-order valence-corrected chi connectivity index (χ0v) is 10.5. The maximum Gasteiger partial charge on any atom is 0.0897 e. The first-order valence-electron chi connectivity index (χ1n) is 5.74. The molecule has 0 bridgehead atoms. The molecule has 16 heavy (non-hydrogen) atoms. The van der Waals surface area contributed by atoms with Crippen molar-refractivity contribution < 1.29 is 5.11 Å². The van der Waals surface area contributed by atoms with Gasteiger partial charge in [0.2, 0.25) is 0 Å². The monoisotopic (exact) mass is 241 g/mol. The van der Waals surface area contributed by atoms with Crippen LogP contribution in [0.2, 0.25) is 0 Å². The fourth-order valence-corrected chi connectivity index (χ4v) is 2.63. The minimum Gasteiger partial charge on any atom is -0.395 e. The van der Waals surface area contributed by atoms with Crippen LogP contribution >= 0.6 is 11.3 Å². The minimum absolute atomic E-state index is 0.269. The number of aliphatic hydroxyl groups excluding tert-OH is 1. The van der Waals surface area contributed by atoms with E-state index in [0.29, 0.717) is 0 Å². The lowest BCUT2D eigenvalue weighted by atomic mass is 10.3.